The minimum atomic E-state index is -0.619. The van der Waals surface area contributed by atoms with Gasteiger partial charge in [0.2, 0.25) is 5.91 Å². The van der Waals surface area contributed by atoms with E-state index in [-0.39, 0.29) is 18.4 Å². The minimum Gasteiger partial charge on any atom is -0.399 e. The third-order valence-electron chi connectivity index (χ3n) is 4.43. The Morgan fingerprint density at radius 1 is 1.21 bits per heavy atom. The van der Waals surface area contributed by atoms with Gasteiger partial charge in [0.1, 0.15) is 12.6 Å². The van der Waals surface area contributed by atoms with Crippen LogP contribution in [0.25, 0.3) is 0 Å². The van der Waals surface area contributed by atoms with Gasteiger partial charge in [0.05, 0.1) is 6.07 Å². The van der Waals surface area contributed by atoms with Crippen LogP contribution in [0, 0.1) is 17.2 Å². The lowest BCUT2D eigenvalue weighted by atomic mass is 9.84. The van der Waals surface area contributed by atoms with Crippen LogP contribution in [0.15, 0.2) is 24.3 Å². The molecule has 0 radical (unpaired) electrons. The number of nitriles is 1. The second kappa shape index (κ2) is 8.92. The number of carbonyl (C=O) groups is 2. The normalized spacial score (nSPS) is 16.0. The number of nitrogens with one attached hydrogen (secondary N) is 2. The molecular formula is C18H24N4O2. The van der Waals surface area contributed by atoms with Gasteiger partial charge in [-0.1, -0.05) is 32.1 Å². The first-order chi connectivity index (χ1) is 11.6. The predicted octanol–water partition coefficient (Wildman–Crippen LogP) is 1.98. The number of anilines is 1. The summed E-state index contributed by atoms with van der Waals surface area (Å²) >= 11 is 0. The maximum absolute atomic E-state index is 12.4. The first-order valence-electron chi connectivity index (χ1n) is 8.41. The lowest BCUT2D eigenvalue weighted by molar-refractivity contribution is -0.123. The van der Waals surface area contributed by atoms with Crippen molar-refractivity contribution in [1.82, 2.24) is 10.6 Å². The van der Waals surface area contributed by atoms with Crippen molar-refractivity contribution in [3.63, 3.8) is 0 Å². The highest BCUT2D eigenvalue weighted by Crippen LogP contribution is 2.27. The first-order valence-corrected chi connectivity index (χ1v) is 8.41. The van der Waals surface area contributed by atoms with Crippen molar-refractivity contribution in [3.8, 4) is 6.07 Å². The summed E-state index contributed by atoms with van der Waals surface area (Å²) < 4.78 is 0. The molecule has 1 aliphatic carbocycles. The van der Waals surface area contributed by atoms with Gasteiger partial charge < -0.3 is 16.4 Å². The highest BCUT2D eigenvalue weighted by atomic mass is 16.2. The Bertz CT molecular complexity index is 600. The third kappa shape index (κ3) is 5.27. The molecule has 0 spiro atoms. The third-order valence-corrected chi connectivity index (χ3v) is 4.43. The van der Waals surface area contributed by atoms with E-state index in [1.807, 2.05) is 6.07 Å². The molecule has 0 saturated heterocycles. The first kappa shape index (κ1) is 17.8. The van der Waals surface area contributed by atoms with Crippen molar-refractivity contribution >= 4 is 17.5 Å². The van der Waals surface area contributed by atoms with E-state index < -0.39 is 6.04 Å². The van der Waals surface area contributed by atoms with Gasteiger partial charge in [0, 0.05) is 11.3 Å². The number of hydrogen-bond acceptors (Lipinski definition) is 4. The number of amides is 2. The number of nitrogens with zero attached hydrogens (tertiary/aromatic N) is 1. The number of hydrogen-bond donors (Lipinski definition) is 3. The number of benzene rings is 1. The zero-order valence-electron chi connectivity index (χ0n) is 13.8. The molecule has 0 heterocycles. The van der Waals surface area contributed by atoms with E-state index in [0.29, 0.717) is 23.6 Å². The second-order valence-corrected chi connectivity index (χ2v) is 6.26. The van der Waals surface area contributed by atoms with Crippen LogP contribution in [0.4, 0.5) is 5.69 Å². The van der Waals surface area contributed by atoms with Gasteiger partial charge in [-0.2, -0.15) is 5.26 Å². The van der Waals surface area contributed by atoms with Crippen LogP contribution < -0.4 is 16.4 Å². The Kier molecular flexibility index (Phi) is 6.62. The Morgan fingerprint density at radius 3 is 2.50 bits per heavy atom. The van der Waals surface area contributed by atoms with Gasteiger partial charge in [-0.05, 0) is 36.6 Å². The molecule has 0 aliphatic heterocycles. The summed E-state index contributed by atoms with van der Waals surface area (Å²) in [6.45, 7) is -0.0578. The molecule has 1 aromatic rings. The second-order valence-electron chi connectivity index (χ2n) is 6.26. The lowest BCUT2D eigenvalue weighted by Gasteiger charge is -2.26. The van der Waals surface area contributed by atoms with Crippen molar-refractivity contribution in [3.05, 3.63) is 29.8 Å². The average Bonchev–Trinajstić information content (AvgIpc) is 2.60. The smallest absolute Gasteiger partial charge is 0.251 e. The lowest BCUT2D eigenvalue weighted by Crippen LogP contribution is -2.48. The fourth-order valence-electron chi connectivity index (χ4n) is 3.11. The van der Waals surface area contributed by atoms with E-state index in [1.54, 1.807) is 24.3 Å². The molecule has 6 nitrogen and oxygen atoms in total. The summed E-state index contributed by atoms with van der Waals surface area (Å²) in [5.41, 5.74) is 6.67. The molecule has 2 amide bonds. The molecule has 128 valence electrons. The molecule has 0 bridgehead atoms. The standard InChI is InChI=1S/C18H24N4O2/c19-10-11-21-18(24)16(12-13-4-2-1-3-5-13)22-17(23)14-6-8-15(20)9-7-14/h6-9,13,16H,1-5,11-12,20H2,(H,21,24)(H,22,23)/t16-/m0/s1. The minimum absolute atomic E-state index is 0.0578. The molecule has 1 saturated carbocycles. The number of nitrogen functional groups attached to an aromatic ring is 1. The van der Waals surface area contributed by atoms with E-state index in [1.165, 1.54) is 19.3 Å². The fourth-order valence-corrected chi connectivity index (χ4v) is 3.11. The maximum Gasteiger partial charge on any atom is 0.251 e. The molecule has 24 heavy (non-hydrogen) atoms. The fraction of sp³-hybridized carbons (Fsp3) is 0.500. The van der Waals surface area contributed by atoms with Crippen LogP contribution in [-0.4, -0.2) is 24.4 Å². The average molecular weight is 328 g/mol. The summed E-state index contributed by atoms with van der Waals surface area (Å²) in [7, 11) is 0. The summed E-state index contributed by atoms with van der Waals surface area (Å²) in [6, 6.07) is 7.85. The van der Waals surface area contributed by atoms with Gasteiger partial charge >= 0.3 is 0 Å². The van der Waals surface area contributed by atoms with E-state index in [2.05, 4.69) is 10.6 Å². The molecule has 4 N–H and O–H groups in total. The van der Waals surface area contributed by atoms with Gasteiger partial charge in [0.25, 0.3) is 5.91 Å². The molecule has 1 aliphatic rings. The molecule has 1 atom stereocenters. The van der Waals surface area contributed by atoms with E-state index >= 15 is 0 Å². The Balaban J connectivity index is 2.03. The van der Waals surface area contributed by atoms with Gasteiger partial charge in [-0.15, -0.1) is 0 Å². The summed E-state index contributed by atoms with van der Waals surface area (Å²) in [5.74, 6) is -0.169. The molecule has 2 rings (SSSR count). The van der Waals surface area contributed by atoms with Gasteiger partial charge in [-0.3, -0.25) is 9.59 Å². The van der Waals surface area contributed by atoms with Crippen molar-refractivity contribution in [2.45, 2.75) is 44.6 Å². The van der Waals surface area contributed by atoms with Crippen LogP contribution in [0.1, 0.15) is 48.9 Å². The van der Waals surface area contributed by atoms with Crippen LogP contribution in [-0.2, 0) is 4.79 Å². The van der Waals surface area contributed by atoms with Crippen LogP contribution in [0.3, 0.4) is 0 Å². The van der Waals surface area contributed by atoms with Crippen LogP contribution >= 0.6 is 0 Å². The van der Waals surface area contributed by atoms with Crippen molar-refractivity contribution in [1.29, 1.82) is 5.26 Å². The van der Waals surface area contributed by atoms with Crippen LogP contribution in [0.5, 0.6) is 0 Å². The number of carbonyl (C=O) groups excluding carboxylic acids is 2. The molecule has 1 aromatic carbocycles. The summed E-state index contributed by atoms with van der Waals surface area (Å²) in [5, 5.41) is 14.0. The largest absolute Gasteiger partial charge is 0.399 e. The Labute approximate surface area is 142 Å². The number of nitrogens with two attached hydrogens (primary N) is 1. The van der Waals surface area contributed by atoms with E-state index in [9.17, 15) is 9.59 Å². The Hall–Kier alpha value is -2.55. The van der Waals surface area contributed by atoms with Gasteiger partial charge in [-0.25, -0.2) is 0 Å². The monoisotopic (exact) mass is 328 g/mol. The molecule has 1 fully saturated rings. The van der Waals surface area contributed by atoms with Crippen molar-refractivity contribution < 1.29 is 9.59 Å². The number of rotatable bonds is 6. The quantitative estimate of drug-likeness (QED) is 0.548. The molecule has 0 unspecified atom stereocenters. The Morgan fingerprint density at radius 2 is 1.88 bits per heavy atom. The highest BCUT2D eigenvalue weighted by molar-refractivity contribution is 5.97. The maximum atomic E-state index is 12.4. The van der Waals surface area contributed by atoms with Gasteiger partial charge in [0.15, 0.2) is 0 Å². The molecular weight excluding hydrogens is 304 g/mol. The summed E-state index contributed by atoms with van der Waals surface area (Å²) in [4.78, 5) is 24.7. The molecule has 6 heteroatoms. The zero-order chi connectivity index (χ0) is 17.4. The summed E-state index contributed by atoms with van der Waals surface area (Å²) in [6.07, 6.45) is 6.35. The van der Waals surface area contributed by atoms with E-state index in [0.717, 1.165) is 12.8 Å². The predicted molar refractivity (Wildman–Crippen MR) is 91.9 cm³/mol. The molecule has 0 aromatic heterocycles. The van der Waals surface area contributed by atoms with Crippen molar-refractivity contribution in [2.75, 3.05) is 12.3 Å². The topological polar surface area (TPSA) is 108 Å². The van der Waals surface area contributed by atoms with Crippen molar-refractivity contribution in [2.24, 2.45) is 5.92 Å². The van der Waals surface area contributed by atoms with E-state index in [4.69, 9.17) is 11.0 Å². The zero-order valence-corrected chi connectivity index (χ0v) is 13.8. The SMILES string of the molecule is N#CCNC(=O)[C@H](CC1CCCCC1)NC(=O)c1ccc(N)cc1. The highest BCUT2D eigenvalue weighted by Gasteiger charge is 2.26. The van der Waals surface area contributed by atoms with Crippen LogP contribution in [0.2, 0.25) is 0 Å².